The Balaban J connectivity index is 1.28. The van der Waals surface area contributed by atoms with Gasteiger partial charge in [0.1, 0.15) is 23.2 Å². The average molecular weight is 472 g/mol. The van der Waals surface area contributed by atoms with E-state index >= 15 is 0 Å². The van der Waals surface area contributed by atoms with Gasteiger partial charge in [0.15, 0.2) is 18.8 Å². The lowest BCUT2D eigenvalue weighted by Gasteiger charge is -2.46. The summed E-state index contributed by atoms with van der Waals surface area (Å²) in [5.41, 5.74) is 2.07. The quantitative estimate of drug-likeness (QED) is 0.693. The van der Waals surface area contributed by atoms with Gasteiger partial charge in [-0.3, -0.25) is 0 Å². The molecule has 1 aliphatic carbocycles. The van der Waals surface area contributed by atoms with Crippen LogP contribution in [0.15, 0.2) is 30.5 Å². The molecule has 2 aliphatic heterocycles. The zero-order valence-corrected chi connectivity index (χ0v) is 19.3. The summed E-state index contributed by atoms with van der Waals surface area (Å²) in [6, 6.07) is 5.02. The fraction of sp³-hybridized carbons (Fsp3) is 0.480. The predicted molar refractivity (Wildman–Crippen MR) is 123 cm³/mol. The van der Waals surface area contributed by atoms with E-state index in [1.807, 2.05) is 11.8 Å². The zero-order valence-electron chi connectivity index (χ0n) is 19.3. The van der Waals surface area contributed by atoms with Crippen molar-refractivity contribution < 1.29 is 28.0 Å². The third-order valence-corrected chi connectivity index (χ3v) is 7.20. The van der Waals surface area contributed by atoms with Gasteiger partial charge in [-0.15, -0.1) is 0 Å². The number of carbonyl (C=O) groups is 1. The molecule has 0 bridgehead atoms. The summed E-state index contributed by atoms with van der Waals surface area (Å²) in [5.74, 6) is -0.651. The number of halogens is 2. The van der Waals surface area contributed by atoms with Crippen LogP contribution in [0.2, 0.25) is 0 Å². The summed E-state index contributed by atoms with van der Waals surface area (Å²) in [4.78, 5) is 20.0. The van der Waals surface area contributed by atoms with Gasteiger partial charge in [0.25, 0.3) is 0 Å². The number of phenols is 1. The summed E-state index contributed by atoms with van der Waals surface area (Å²) < 4.78 is 36.0. The maximum atomic E-state index is 14.5. The summed E-state index contributed by atoms with van der Waals surface area (Å²) >= 11 is 0. The van der Waals surface area contributed by atoms with Crippen molar-refractivity contribution in [2.75, 3.05) is 50.8 Å². The number of benzene rings is 1. The molecule has 1 aromatic heterocycles. The Morgan fingerprint density at radius 1 is 1.21 bits per heavy atom. The van der Waals surface area contributed by atoms with Crippen molar-refractivity contribution in [1.82, 2.24) is 9.88 Å². The standard InChI is InChI=1S/C25H28F2N4O3/c1-2-34-24(33)31-15-25(16-31)6-5-18(13-25)29-7-9-30(10-8-29)23-21(11-17(26)14-28-23)20-12-19(32)3-4-22(20)27/h3-4,11-12,14H,2,5-10,13,15-16H2,1H3/p+1. The third kappa shape index (κ3) is 4.19. The second-order valence-electron chi connectivity index (χ2n) is 9.46. The number of hydrogen-bond acceptors (Lipinski definition) is 5. The van der Waals surface area contributed by atoms with Crippen LogP contribution in [0.4, 0.5) is 19.4 Å². The van der Waals surface area contributed by atoms with Crippen molar-refractivity contribution in [1.29, 1.82) is 0 Å². The molecule has 0 radical (unpaired) electrons. The molecule has 0 unspecified atom stereocenters. The number of likely N-dealkylation sites (tertiary alicyclic amines) is 1. The average Bonchev–Trinajstić information content (AvgIpc) is 3.26. The number of phenolic OH excluding ortho intramolecular Hbond substituents is 1. The monoisotopic (exact) mass is 471 g/mol. The largest absolute Gasteiger partial charge is 0.508 e. The van der Waals surface area contributed by atoms with Gasteiger partial charge in [-0.1, -0.05) is 0 Å². The Hall–Kier alpha value is -3.23. The minimum absolute atomic E-state index is 0.0829. The first-order valence-corrected chi connectivity index (χ1v) is 11.8. The van der Waals surface area contributed by atoms with Gasteiger partial charge in [-0.05, 0) is 37.6 Å². The van der Waals surface area contributed by atoms with E-state index in [0.717, 1.165) is 51.6 Å². The zero-order chi connectivity index (χ0) is 23.9. The summed E-state index contributed by atoms with van der Waals surface area (Å²) in [7, 11) is 0. The molecule has 2 saturated heterocycles. The summed E-state index contributed by atoms with van der Waals surface area (Å²) in [6.07, 6.45) is 4.04. The highest BCUT2D eigenvalue weighted by atomic mass is 19.1. The lowest BCUT2D eigenvalue weighted by molar-refractivity contribution is -0.531. The number of aromatic hydroxyl groups is 1. The summed E-state index contributed by atoms with van der Waals surface area (Å²) in [6.45, 7) is 6.68. The van der Waals surface area contributed by atoms with E-state index in [2.05, 4.69) is 9.56 Å². The highest BCUT2D eigenvalue weighted by Crippen LogP contribution is 2.44. The number of carbonyl (C=O) groups excluding carboxylic acids is 1. The Labute approximate surface area is 197 Å². The number of nitrogens with zero attached hydrogens (tertiary/aromatic N) is 4. The van der Waals surface area contributed by atoms with Gasteiger partial charge in [-0.25, -0.2) is 23.1 Å². The maximum absolute atomic E-state index is 14.5. The molecule has 1 amide bonds. The molecule has 34 heavy (non-hydrogen) atoms. The van der Waals surface area contributed by atoms with Crippen molar-refractivity contribution in [2.45, 2.75) is 26.2 Å². The van der Waals surface area contributed by atoms with Gasteiger partial charge >= 0.3 is 6.09 Å². The van der Waals surface area contributed by atoms with Crippen LogP contribution in [-0.4, -0.2) is 77.2 Å². The normalized spacial score (nSPS) is 19.5. The molecular weight excluding hydrogens is 442 g/mol. The molecule has 1 spiro atoms. The molecule has 5 rings (SSSR count). The van der Waals surface area contributed by atoms with E-state index in [1.54, 1.807) is 4.90 Å². The number of anilines is 1. The molecule has 180 valence electrons. The highest BCUT2D eigenvalue weighted by Gasteiger charge is 2.51. The van der Waals surface area contributed by atoms with Crippen LogP contribution in [0, 0.1) is 17.0 Å². The molecule has 0 atom stereocenters. The predicted octanol–water partition coefficient (Wildman–Crippen LogP) is 3.65. The minimum Gasteiger partial charge on any atom is -0.508 e. The first-order valence-electron chi connectivity index (χ1n) is 11.8. The van der Waals surface area contributed by atoms with E-state index in [0.29, 0.717) is 31.1 Å². The molecule has 1 N–H and O–H groups in total. The molecule has 1 saturated carbocycles. The number of amides is 1. The number of rotatable bonds is 3. The Kier molecular flexibility index (Phi) is 5.87. The van der Waals surface area contributed by atoms with Gasteiger partial charge in [0.2, 0.25) is 0 Å². The second kappa shape index (κ2) is 8.85. The van der Waals surface area contributed by atoms with Crippen LogP contribution in [0.5, 0.6) is 5.75 Å². The molecule has 3 fully saturated rings. The van der Waals surface area contributed by atoms with Crippen molar-refractivity contribution in [2.24, 2.45) is 5.41 Å². The van der Waals surface area contributed by atoms with Crippen LogP contribution in [0.1, 0.15) is 26.2 Å². The molecule has 3 heterocycles. The van der Waals surface area contributed by atoms with E-state index in [-0.39, 0.29) is 22.8 Å². The lowest BCUT2D eigenvalue weighted by Crippen LogP contribution is -2.57. The van der Waals surface area contributed by atoms with Crippen LogP contribution < -0.4 is 4.90 Å². The lowest BCUT2D eigenvalue weighted by atomic mass is 9.78. The first-order chi connectivity index (χ1) is 16.4. The van der Waals surface area contributed by atoms with Crippen molar-refractivity contribution in [3.8, 4) is 16.9 Å². The van der Waals surface area contributed by atoms with E-state index in [1.165, 1.54) is 30.0 Å². The van der Waals surface area contributed by atoms with Crippen LogP contribution in [-0.2, 0) is 4.74 Å². The second-order valence-corrected chi connectivity index (χ2v) is 9.46. The number of ether oxygens (including phenoxy) is 1. The number of hydrogen-bond donors (Lipinski definition) is 1. The van der Waals surface area contributed by atoms with E-state index in [9.17, 15) is 18.7 Å². The minimum atomic E-state index is -0.552. The van der Waals surface area contributed by atoms with Crippen molar-refractivity contribution in [3.63, 3.8) is 0 Å². The third-order valence-electron chi connectivity index (χ3n) is 7.20. The van der Waals surface area contributed by atoms with Gasteiger partial charge in [-0.2, -0.15) is 0 Å². The van der Waals surface area contributed by atoms with Crippen LogP contribution >= 0.6 is 0 Å². The van der Waals surface area contributed by atoms with Crippen LogP contribution in [0.3, 0.4) is 0 Å². The highest BCUT2D eigenvalue weighted by molar-refractivity contribution is 5.84. The van der Waals surface area contributed by atoms with Gasteiger partial charge in [0.05, 0.1) is 25.9 Å². The molecule has 3 aliphatic rings. The van der Waals surface area contributed by atoms with Crippen molar-refractivity contribution >= 4 is 17.6 Å². The van der Waals surface area contributed by atoms with E-state index < -0.39 is 11.6 Å². The van der Waals surface area contributed by atoms with Crippen LogP contribution in [0.25, 0.3) is 11.1 Å². The number of pyridine rings is 1. The Bertz CT molecular complexity index is 1140. The van der Waals surface area contributed by atoms with Crippen molar-refractivity contribution in [3.05, 3.63) is 42.1 Å². The Morgan fingerprint density at radius 3 is 2.71 bits per heavy atom. The van der Waals surface area contributed by atoms with E-state index in [4.69, 9.17) is 4.74 Å². The fourth-order valence-electron chi connectivity index (χ4n) is 5.50. The molecule has 1 aromatic carbocycles. The Morgan fingerprint density at radius 2 is 1.97 bits per heavy atom. The smallest absolute Gasteiger partial charge is 0.409 e. The molecular formula is C25H29F2N4O3+. The van der Waals surface area contributed by atoms with Gasteiger partial charge in [0, 0.05) is 42.5 Å². The first kappa shape index (κ1) is 22.6. The topological polar surface area (TPSA) is 68.9 Å². The fourth-order valence-corrected chi connectivity index (χ4v) is 5.50. The maximum Gasteiger partial charge on any atom is 0.409 e. The van der Waals surface area contributed by atoms with Gasteiger partial charge < -0.3 is 19.6 Å². The molecule has 7 nitrogen and oxygen atoms in total. The number of piperazine rings is 1. The summed E-state index contributed by atoms with van der Waals surface area (Å²) in [5, 5.41) is 9.83. The SMILES string of the molecule is CCOC(=O)N1CC2(CCC(=[N+]3CCN(c4ncc(F)cc4-c4cc(O)ccc4F)CC3)C2)C1. The number of aromatic nitrogens is 1. The molecule has 2 aromatic rings. The molecule has 9 heteroatoms.